The quantitative estimate of drug-likeness (QED) is 0.527. The minimum absolute atomic E-state index is 0.523. The molecular formula is C8H10N2. The number of fused-ring (bicyclic) bond motifs is 1. The summed E-state index contributed by atoms with van der Waals surface area (Å²) in [5.74, 6) is 0. The number of hydrogen-bond acceptors (Lipinski definition) is 2. The molecule has 0 fully saturated rings. The summed E-state index contributed by atoms with van der Waals surface area (Å²) in [4.78, 5) is 2.19. The smallest absolute Gasteiger partial charge is 0.0686 e. The van der Waals surface area contributed by atoms with Crippen LogP contribution in [0, 0.1) is 0 Å². The van der Waals surface area contributed by atoms with Crippen LogP contribution in [0.25, 0.3) is 0 Å². The number of allylic oxidation sites excluding steroid dienone is 2. The van der Waals surface area contributed by atoms with Gasteiger partial charge in [-0.1, -0.05) is 12.2 Å². The maximum atomic E-state index is 3.18. The van der Waals surface area contributed by atoms with Gasteiger partial charge in [-0.05, 0) is 6.08 Å². The lowest BCUT2D eigenvalue weighted by molar-refractivity contribution is 0.390. The average Bonchev–Trinajstić information content (AvgIpc) is 2.05. The summed E-state index contributed by atoms with van der Waals surface area (Å²) in [5.41, 5.74) is 0. The van der Waals surface area contributed by atoms with E-state index in [0.717, 1.165) is 6.54 Å². The summed E-state index contributed by atoms with van der Waals surface area (Å²) in [6, 6.07) is 0.523. The molecule has 2 aliphatic heterocycles. The van der Waals surface area contributed by atoms with E-state index in [1.165, 1.54) is 0 Å². The Morgan fingerprint density at radius 1 is 1.30 bits per heavy atom. The van der Waals surface area contributed by atoms with Gasteiger partial charge in [0.2, 0.25) is 0 Å². The molecule has 2 heteroatoms. The summed E-state index contributed by atoms with van der Waals surface area (Å²) in [6.07, 6.45) is 12.4. The van der Waals surface area contributed by atoms with Gasteiger partial charge in [-0.2, -0.15) is 0 Å². The van der Waals surface area contributed by atoms with E-state index in [-0.39, 0.29) is 0 Å². The van der Waals surface area contributed by atoms with Gasteiger partial charge in [0.1, 0.15) is 0 Å². The number of rotatable bonds is 0. The van der Waals surface area contributed by atoms with Gasteiger partial charge < -0.3 is 10.2 Å². The molecule has 0 aromatic heterocycles. The van der Waals surface area contributed by atoms with Crippen LogP contribution in [0.5, 0.6) is 0 Å². The predicted octanol–water partition coefficient (Wildman–Crippen LogP) is 0.815. The van der Waals surface area contributed by atoms with E-state index in [9.17, 15) is 0 Å². The highest BCUT2D eigenvalue weighted by Crippen LogP contribution is 2.10. The van der Waals surface area contributed by atoms with Crippen LogP contribution in [0.1, 0.15) is 0 Å². The molecule has 2 heterocycles. The van der Waals surface area contributed by atoms with Gasteiger partial charge in [-0.3, -0.25) is 0 Å². The third kappa shape index (κ3) is 0.817. The Morgan fingerprint density at radius 3 is 3.20 bits per heavy atom. The standard InChI is InChI=1S/C8H10N2/c1-2-5-10-6-4-9-7-8(10)3-1/h1-6,8-9H,7H2. The molecule has 0 aromatic rings. The Kier molecular flexibility index (Phi) is 1.24. The monoisotopic (exact) mass is 134 g/mol. The van der Waals surface area contributed by atoms with Crippen molar-refractivity contribution in [1.82, 2.24) is 10.2 Å². The second-order valence-corrected chi connectivity index (χ2v) is 2.46. The fourth-order valence-electron chi connectivity index (χ4n) is 1.21. The van der Waals surface area contributed by atoms with Gasteiger partial charge in [0.25, 0.3) is 0 Å². The highest BCUT2D eigenvalue weighted by atomic mass is 15.2. The SMILES string of the molecule is C1=CC2CNC=CN2C=C1. The lowest BCUT2D eigenvalue weighted by atomic mass is 10.2. The van der Waals surface area contributed by atoms with Crippen molar-refractivity contribution in [2.75, 3.05) is 6.54 Å². The molecule has 0 aromatic carbocycles. The van der Waals surface area contributed by atoms with Crippen LogP contribution in [-0.4, -0.2) is 17.5 Å². The van der Waals surface area contributed by atoms with Gasteiger partial charge >= 0.3 is 0 Å². The van der Waals surface area contributed by atoms with Crippen LogP contribution in [-0.2, 0) is 0 Å². The first kappa shape index (κ1) is 5.59. The van der Waals surface area contributed by atoms with Crippen LogP contribution < -0.4 is 5.32 Å². The largest absolute Gasteiger partial charge is 0.387 e. The number of nitrogens with one attached hydrogen (secondary N) is 1. The topological polar surface area (TPSA) is 15.3 Å². The van der Waals surface area contributed by atoms with Crippen molar-refractivity contribution in [2.24, 2.45) is 0 Å². The summed E-state index contributed by atoms with van der Waals surface area (Å²) in [6.45, 7) is 1.01. The summed E-state index contributed by atoms with van der Waals surface area (Å²) in [7, 11) is 0. The Hall–Kier alpha value is -1.18. The minimum Gasteiger partial charge on any atom is -0.387 e. The zero-order valence-corrected chi connectivity index (χ0v) is 5.70. The molecule has 1 N–H and O–H groups in total. The fourth-order valence-corrected chi connectivity index (χ4v) is 1.21. The third-order valence-electron chi connectivity index (χ3n) is 1.78. The highest BCUT2D eigenvalue weighted by Gasteiger charge is 2.13. The van der Waals surface area contributed by atoms with Crippen LogP contribution in [0.2, 0.25) is 0 Å². The van der Waals surface area contributed by atoms with Crippen molar-refractivity contribution in [2.45, 2.75) is 6.04 Å². The molecule has 0 saturated carbocycles. The fraction of sp³-hybridized carbons (Fsp3) is 0.250. The van der Waals surface area contributed by atoms with Gasteiger partial charge in [0.15, 0.2) is 0 Å². The Labute approximate surface area is 60.5 Å². The molecule has 0 spiro atoms. The lowest BCUT2D eigenvalue weighted by Crippen LogP contribution is -2.38. The summed E-state index contributed by atoms with van der Waals surface area (Å²) >= 11 is 0. The molecular weight excluding hydrogens is 124 g/mol. The summed E-state index contributed by atoms with van der Waals surface area (Å²) < 4.78 is 0. The van der Waals surface area contributed by atoms with Crippen molar-refractivity contribution >= 4 is 0 Å². The normalized spacial score (nSPS) is 28.0. The first-order chi connectivity index (χ1) is 4.97. The molecule has 1 unspecified atom stereocenters. The van der Waals surface area contributed by atoms with E-state index in [4.69, 9.17) is 0 Å². The summed E-state index contributed by atoms with van der Waals surface area (Å²) in [5, 5.41) is 3.18. The van der Waals surface area contributed by atoms with Crippen molar-refractivity contribution in [3.05, 3.63) is 36.8 Å². The van der Waals surface area contributed by atoms with E-state index in [1.807, 2.05) is 18.5 Å². The van der Waals surface area contributed by atoms with Crippen molar-refractivity contribution in [3.63, 3.8) is 0 Å². The molecule has 2 aliphatic rings. The van der Waals surface area contributed by atoms with E-state index in [1.54, 1.807) is 0 Å². The zero-order valence-electron chi connectivity index (χ0n) is 5.70. The van der Waals surface area contributed by atoms with Gasteiger partial charge in [0, 0.05) is 25.1 Å². The van der Waals surface area contributed by atoms with Crippen LogP contribution in [0.4, 0.5) is 0 Å². The van der Waals surface area contributed by atoms with Gasteiger partial charge in [0.05, 0.1) is 6.04 Å². The van der Waals surface area contributed by atoms with E-state index in [2.05, 4.69) is 28.6 Å². The molecule has 2 nitrogen and oxygen atoms in total. The Balaban J connectivity index is 2.21. The molecule has 0 amide bonds. The zero-order chi connectivity index (χ0) is 6.81. The molecule has 0 saturated heterocycles. The Morgan fingerprint density at radius 2 is 2.30 bits per heavy atom. The predicted molar refractivity (Wildman–Crippen MR) is 41.0 cm³/mol. The average molecular weight is 134 g/mol. The van der Waals surface area contributed by atoms with Crippen LogP contribution in [0.3, 0.4) is 0 Å². The Bertz CT molecular complexity index is 203. The van der Waals surface area contributed by atoms with Gasteiger partial charge in [-0.25, -0.2) is 0 Å². The molecule has 0 bridgehead atoms. The highest BCUT2D eigenvalue weighted by molar-refractivity contribution is 5.17. The molecule has 10 heavy (non-hydrogen) atoms. The molecule has 2 rings (SSSR count). The van der Waals surface area contributed by atoms with E-state index in [0.29, 0.717) is 6.04 Å². The van der Waals surface area contributed by atoms with Crippen molar-refractivity contribution in [1.29, 1.82) is 0 Å². The third-order valence-corrected chi connectivity index (χ3v) is 1.78. The van der Waals surface area contributed by atoms with Crippen LogP contribution >= 0.6 is 0 Å². The van der Waals surface area contributed by atoms with E-state index < -0.39 is 0 Å². The minimum atomic E-state index is 0.523. The molecule has 1 atom stereocenters. The van der Waals surface area contributed by atoms with Crippen molar-refractivity contribution in [3.8, 4) is 0 Å². The number of nitrogens with zero attached hydrogens (tertiary/aromatic N) is 1. The van der Waals surface area contributed by atoms with Crippen LogP contribution in [0.15, 0.2) is 36.8 Å². The van der Waals surface area contributed by atoms with Crippen molar-refractivity contribution < 1.29 is 0 Å². The molecule has 0 aliphatic carbocycles. The van der Waals surface area contributed by atoms with E-state index >= 15 is 0 Å². The lowest BCUT2D eigenvalue weighted by Gasteiger charge is -2.30. The second kappa shape index (κ2) is 2.21. The molecule has 0 radical (unpaired) electrons. The second-order valence-electron chi connectivity index (χ2n) is 2.46. The first-order valence-electron chi connectivity index (χ1n) is 3.49. The maximum Gasteiger partial charge on any atom is 0.0686 e. The molecule has 52 valence electrons. The maximum absolute atomic E-state index is 3.18. The van der Waals surface area contributed by atoms with Gasteiger partial charge in [-0.15, -0.1) is 0 Å². The first-order valence-corrected chi connectivity index (χ1v) is 3.49. The number of hydrogen-bond donors (Lipinski definition) is 1.